The smallest absolute Gasteiger partial charge is 0.255 e. The molecule has 124 valence electrons. The molecule has 0 aliphatic heterocycles. The second kappa shape index (κ2) is 6.07. The van der Waals surface area contributed by atoms with Gasteiger partial charge in [0.2, 0.25) is 5.95 Å². The number of anilines is 1. The first-order valence-electron chi connectivity index (χ1n) is 7.58. The molecule has 0 fully saturated rings. The van der Waals surface area contributed by atoms with Gasteiger partial charge in [-0.05, 0) is 42.5 Å². The van der Waals surface area contributed by atoms with Crippen molar-refractivity contribution in [1.82, 2.24) is 19.6 Å². The number of aromatic nitrogens is 4. The molecule has 4 rings (SSSR count). The Bertz CT molecular complexity index is 1040. The maximum absolute atomic E-state index is 5.98. The molecule has 0 saturated heterocycles. The Morgan fingerprint density at radius 2 is 1.64 bits per heavy atom. The second-order valence-electron chi connectivity index (χ2n) is 5.44. The average molecular weight is 352 g/mol. The number of fused-ring (bicyclic) bond motifs is 1. The molecular formula is C18H14ClN5O. The van der Waals surface area contributed by atoms with Crippen molar-refractivity contribution >= 4 is 23.3 Å². The Morgan fingerprint density at radius 3 is 2.32 bits per heavy atom. The summed E-state index contributed by atoms with van der Waals surface area (Å²) in [4.78, 5) is 8.76. The van der Waals surface area contributed by atoms with Gasteiger partial charge in [-0.2, -0.15) is 9.50 Å². The highest BCUT2D eigenvalue weighted by Gasteiger charge is 2.13. The van der Waals surface area contributed by atoms with Crippen LogP contribution in [0.1, 0.15) is 0 Å². The molecule has 0 amide bonds. The number of hydrogen-bond donors (Lipinski definition) is 1. The van der Waals surface area contributed by atoms with Crippen molar-refractivity contribution in [2.75, 3.05) is 12.8 Å². The van der Waals surface area contributed by atoms with Gasteiger partial charge in [-0.25, -0.2) is 4.98 Å². The van der Waals surface area contributed by atoms with E-state index in [1.807, 2.05) is 54.6 Å². The van der Waals surface area contributed by atoms with Crippen LogP contribution >= 0.6 is 11.6 Å². The predicted octanol–water partition coefficient (Wildman–Crippen LogP) is 3.70. The van der Waals surface area contributed by atoms with Gasteiger partial charge in [0.05, 0.1) is 18.5 Å². The highest BCUT2D eigenvalue weighted by molar-refractivity contribution is 6.30. The van der Waals surface area contributed by atoms with Crippen molar-refractivity contribution in [3.05, 3.63) is 59.6 Å². The van der Waals surface area contributed by atoms with E-state index in [1.165, 1.54) is 0 Å². The lowest BCUT2D eigenvalue weighted by molar-refractivity contribution is 0.415. The van der Waals surface area contributed by atoms with Crippen molar-refractivity contribution in [1.29, 1.82) is 0 Å². The predicted molar refractivity (Wildman–Crippen MR) is 97.6 cm³/mol. The summed E-state index contributed by atoms with van der Waals surface area (Å²) in [6, 6.07) is 17.1. The fourth-order valence-corrected chi connectivity index (χ4v) is 2.75. The lowest BCUT2D eigenvalue weighted by Crippen LogP contribution is -1.99. The van der Waals surface area contributed by atoms with Crippen LogP contribution in [0, 0.1) is 0 Å². The summed E-state index contributed by atoms with van der Waals surface area (Å²) >= 11 is 5.98. The third-order valence-electron chi connectivity index (χ3n) is 3.85. The van der Waals surface area contributed by atoms with E-state index in [-0.39, 0.29) is 5.95 Å². The molecule has 4 aromatic rings. The molecule has 2 heterocycles. The zero-order chi connectivity index (χ0) is 17.4. The maximum Gasteiger partial charge on any atom is 0.255 e. The molecule has 25 heavy (non-hydrogen) atoms. The Hall–Kier alpha value is -3.12. The van der Waals surface area contributed by atoms with Crippen LogP contribution in [-0.2, 0) is 0 Å². The zero-order valence-corrected chi connectivity index (χ0v) is 14.1. The van der Waals surface area contributed by atoms with Crippen molar-refractivity contribution in [3.63, 3.8) is 0 Å². The average Bonchev–Trinajstić information content (AvgIpc) is 3.01. The van der Waals surface area contributed by atoms with Gasteiger partial charge in [-0.15, -0.1) is 5.10 Å². The Morgan fingerprint density at radius 1 is 0.960 bits per heavy atom. The van der Waals surface area contributed by atoms with Gasteiger partial charge in [0, 0.05) is 16.1 Å². The Balaban J connectivity index is 1.93. The Kier molecular flexibility index (Phi) is 3.74. The van der Waals surface area contributed by atoms with Gasteiger partial charge < -0.3 is 10.5 Å². The molecule has 0 unspecified atom stereocenters. The summed E-state index contributed by atoms with van der Waals surface area (Å²) in [5, 5.41) is 4.92. The molecule has 0 bridgehead atoms. The van der Waals surface area contributed by atoms with E-state index in [0.29, 0.717) is 10.8 Å². The quantitative estimate of drug-likeness (QED) is 0.608. The highest BCUT2D eigenvalue weighted by atomic mass is 35.5. The second-order valence-corrected chi connectivity index (χ2v) is 5.88. The molecule has 0 aliphatic rings. The van der Waals surface area contributed by atoms with Gasteiger partial charge >= 0.3 is 0 Å². The minimum absolute atomic E-state index is 0.176. The van der Waals surface area contributed by atoms with Gasteiger partial charge in [0.25, 0.3) is 5.78 Å². The van der Waals surface area contributed by atoms with Crippen LogP contribution in [0.3, 0.4) is 0 Å². The standard InChI is InChI=1S/C18H14ClN5O/c1-25-14-8-4-12(5-9-14)16-10-15(11-2-6-13(19)7-3-11)21-18-22-17(20)23-24(16)18/h2-10H,1H3,(H2,20,23). The van der Waals surface area contributed by atoms with Crippen LogP contribution in [0.4, 0.5) is 5.95 Å². The van der Waals surface area contributed by atoms with E-state index < -0.39 is 0 Å². The van der Waals surface area contributed by atoms with Crippen LogP contribution < -0.4 is 10.5 Å². The molecular weight excluding hydrogens is 338 g/mol. The number of ether oxygens (including phenoxy) is 1. The summed E-state index contributed by atoms with van der Waals surface area (Å²) in [5.74, 6) is 1.40. The van der Waals surface area contributed by atoms with Crippen molar-refractivity contribution in [3.8, 4) is 28.3 Å². The summed E-state index contributed by atoms with van der Waals surface area (Å²) in [7, 11) is 1.64. The molecule has 2 aromatic carbocycles. The summed E-state index contributed by atoms with van der Waals surface area (Å²) in [5.41, 5.74) is 9.26. The number of nitrogen functional groups attached to an aromatic ring is 1. The van der Waals surface area contributed by atoms with Gasteiger partial charge in [0.1, 0.15) is 5.75 Å². The van der Waals surface area contributed by atoms with Crippen LogP contribution in [0.5, 0.6) is 5.75 Å². The third kappa shape index (κ3) is 2.88. The molecule has 2 N–H and O–H groups in total. The van der Waals surface area contributed by atoms with Gasteiger partial charge in [-0.3, -0.25) is 0 Å². The van der Waals surface area contributed by atoms with Crippen molar-refractivity contribution in [2.45, 2.75) is 0 Å². The third-order valence-corrected chi connectivity index (χ3v) is 4.11. The van der Waals surface area contributed by atoms with E-state index in [2.05, 4.69) is 15.1 Å². The van der Waals surface area contributed by atoms with E-state index >= 15 is 0 Å². The molecule has 6 nitrogen and oxygen atoms in total. The van der Waals surface area contributed by atoms with Crippen molar-refractivity contribution in [2.24, 2.45) is 0 Å². The number of rotatable bonds is 3. The first kappa shape index (κ1) is 15.4. The SMILES string of the molecule is COc1ccc(-c2cc(-c3ccc(Cl)cc3)nc3nc(N)nn23)cc1. The number of methoxy groups -OCH3 is 1. The van der Waals surface area contributed by atoms with Crippen molar-refractivity contribution < 1.29 is 4.74 Å². The minimum Gasteiger partial charge on any atom is -0.497 e. The van der Waals surface area contributed by atoms with E-state index in [0.717, 1.165) is 28.3 Å². The van der Waals surface area contributed by atoms with Crippen LogP contribution in [0.2, 0.25) is 5.02 Å². The highest BCUT2D eigenvalue weighted by Crippen LogP contribution is 2.28. The van der Waals surface area contributed by atoms with Gasteiger partial charge in [0.15, 0.2) is 0 Å². The van der Waals surface area contributed by atoms with Crippen LogP contribution in [-0.4, -0.2) is 26.7 Å². The number of halogens is 1. The summed E-state index contributed by atoms with van der Waals surface area (Å²) in [6.07, 6.45) is 0. The maximum atomic E-state index is 5.98. The summed E-state index contributed by atoms with van der Waals surface area (Å²) in [6.45, 7) is 0. The largest absolute Gasteiger partial charge is 0.497 e. The molecule has 0 atom stereocenters. The first-order chi connectivity index (χ1) is 12.1. The molecule has 0 saturated carbocycles. The number of benzene rings is 2. The van der Waals surface area contributed by atoms with E-state index in [9.17, 15) is 0 Å². The van der Waals surface area contributed by atoms with E-state index in [1.54, 1.807) is 11.6 Å². The molecule has 0 radical (unpaired) electrons. The molecule has 0 spiro atoms. The lowest BCUT2D eigenvalue weighted by atomic mass is 10.1. The van der Waals surface area contributed by atoms with Crippen LogP contribution in [0.15, 0.2) is 54.6 Å². The number of nitrogens with two attached hydrogens (primary N) is 1. The fraction of sp³-hybridized carbons (Fsp3) is 0.0556. The summed E-state index contributed by atoms with van der Waals surface area (Å²) < 4.78 is 6.86. The molecule has 0 aliphatic carbocycles. The normalized spacial score (nSPS) is 11.0. The lowest BCUT2D eigenvalue weighted by Gasteiger charge is -2.08. The monoisotopic (exact) mass is 351 g/mol. The minimum atomic E-state index is 0.176. The Labute approximate surface area is 148 Å². The molecule has 2 aromatic heterocycles. The zero-order valence-electron chi connectivity index (χ0n) is 13.3. The number of hydrogen-bond acceptors (Lipinski definition) is 5. The first-order valence-corrected chi connectivity index (χ1v) is 7.95. The van der Waals surface area contributed by atoms with Gasteiger partial charge in [-0.1, -0.05) is 23.7 Å². The fourth-order valence-electron chi connectivity index (χ4n) is 2.62. The van der Waals surface area contributed by atoms with Crippen LogP contribution in [0.25, 0.3) is 28.3 Å². The topological polar surface area (TPSA) is 78.3 Å². The van der Waals surface area contributed by atoms with E-state index in [4.69, 9.17) is 22.1 Å². The molecule has 7 heteroatoms. The number of nitrogens with zero attached hydrogens (tertiary/aromatic N) is 4.